The van der Waals surface area contributed by atoms with Crippen molar-refractivity contribution in [1.82, 2.24) is 0 Å². The number of hydrogen-bond donors (Lipinski definition) is 0. The van der Waals surface area contributed by atoms with Gasteiger partial charge in [-0.2, -0.15) is 0 Å². The van der Waals surface area contributed by atoms with Gasteiger partial charge in [-0.25, -0.2) is 0 Å². The highest BCUT2D eigenvalue weighted by Gasteiger charge is 2.63. The standard InChI is InChI=1S/C25H43B/c1-15-20-11-17(24(20,3)4)13-22(15)26(19-9-7-8-10-19)23-14-18-12-21(16(23)2)25(18,5)6/h15-23H,7-14H2,1-6H3. The van der Waals surface area contributed by atoms with Crippen LogP contribution in [0.15, 0.2) is 0 Å². The van der Waals surface area contributed by atoms with E-state index in [1.54, 1.807) is 38.5 Å². The summed E-state index contributed by atoms with van der Waals surface area (Å²) in [4.78, 5) is 0. The van der Waals surface area contributed by atoms with Gasteiger partial charge in [-0.05, 0) is 59.2 Å². The molecule has 0 aromatic carbocycles. The van der Waals surface area contributed by atoms with Gasteiger partial charge >= 0.3 is 0 Å². The van der Waals surface area contributed by atoms with Crippen LogP contribution in [0, 0.1) is 46.3 Å². The molecule has 7 saturated carbocycles. The fraction of sp³-hybridized carbons (Fsp3) is 1.00. The molecular formula is C25H43B. The zero-order valence-corrected chi connectivity index (χ0v) is 18.4. The van der Waals surface area contributed by atoms with Crippen LogP contribution in [-0.4, -0.2) is 6.71 Å². The van der Waals surface area contributed by atoms with Crippen molar-refractivity contribution in [2.24, 2.45) is 46.3 Å². The lowest BCUT2D eigenvalue weighted by atomic mass is 9.17. The van der Waals surface area contributed by atoms with Crippen molar-refractivity contribution in [2.75, 3.05) is 0 Å². The Morgan fingerprint density at radius 3 is 1.42 bits per heavy atom. The minimum atomic E-state index is 0.651. The largest absolute Gasteiger partial charge is 0.150 e. The Balaban J connectivity index is 1.42. The van der Waals surface area contributed by atoms with Gasteiger partial charge in [0.25, 0.3) is 0 Å². The van der Waals surface area contributed by atoms with Crippen LogP contribution in [-0.2, 0) is 0 Å². The van der Waals surface area contributed by atoms with Crippen molar-refractivity contribution >= 4 is 6.71 Å². The quantitative estimate of drug-likeness (QED) is 0.458. The third-order valence-corrected chi connectivity index (χ3v) is 11.8. The number of rotatable bonds is 3. The summed E-state index contributed by atoms with van der Waals surface area (Å²) in [5.41, 5.74) is 1.30. The Morgan fingerprint density at radius 2 is 1.08 bits per heavy atom. The summed E-state index contributed by atoms with van der Waals surface area (Å²) < 4.78 is 0. The van der Waals surface area contributed by atoms with Gasteiger partial charge in [0.05, 0.1) is 0 Å². The SMILES string of the molecule is CC1C(B(C2CCCC2)C2CC3CC(C2C)C3(C)C)CC2CC1C2(C)C. The van der Waals surface area contributed by atoms with Crippen LogP contribution in [0.2, 0.25) is 17.5 Å². The molecule has 0 aromatic heterocycles. The first-order valence-corrected chi connectivity index (χ1v) is 12.2. The van der Waals surface area contributed by atoms with E-state index in [9.17, 15) is 0 Å². The molecule has 26 heavy (non-hydrogen) atoms. The van der Waals surface area contributed by atoms with Crippen LogP contribution in [0.1, 0.15) is 92.9 Å². The molecule has 0 aromatic rings. The number of hydrogen-bond acceptors (Lipinski definition) is 0. The summed E-state index contributed by atoms with van der Waals surface area (Å²) in [7, 11) is 0. The van der Waals surface area contributed by atoms with E-state index in [4.69, 9.17) is 0 Å². The smallest absolute Gasteiger partial charge is 0.0626 e. The normalized spacial score (nSPS) is 51.5. The molecule has 8 atom stereocenters. The summed E-state index contributed by atoms with van der Waals surface area (Å²) in [5.74, 6) is 9.31. The molecule has 8 unspecified atom stereocenters. The van der Waals surface area contributed by atoms with Gasteiger partial charge in [-0.3, -0.25) is 0 Å². The molecule has 0 radical (unpaired) electrons. The molecule has 0 aliphatic heterocycles. The van der Waals surface area contributed by atoms with Crippen LogP contribution in [0.5, 0.6) is 0 Å². The highest BCUT2D eigenvalue weighted by Crippen LogP contribution is 2.71. The van der Waals surface area contributed by atoms with Crippen molar-refractivity contribution in [1.29, 1.82) is 0 Å². The molecule has 0 N–H and O–H groups in total. The lowest BCUT2D eigenvalue weighted by Crippen LogP contribution is -2.60. The van der Waals surface area contributed by atoms with Gasteiger partial charge in [0.2, 0.25) is 0 Å². The predicted octanol–water partition coefficient (Wildman–Crippen LogP) is 7.57. The Kier molecular flexibility index (Phi) is 4.04. The van der Waals surface area contributed by atoms with Gasteiger partial charge in [0.15, 0.2) is 0 Å². The Labute approximate surface area is 163 Å². The van der Waals surface area contributed by atoms with E-state index in [1.165, 1.54) is 12.8 Å². The molecule has 146 valence electrons. The highest BCUT2D eigenvalue weighted by molar-refractivity contribution is 6.64. The fourth-order valence-electron chi connectivity index (χ4n) is 9.75. The van der Waals surface area contributed by atoms with E-state index in [1.807, 2.05) is 0 Å². The Bertz CT molecular complexity index is 515. The first kappa shape index (κ1) is 18.1. The predicted molar refractivity (Wildman–Crippen MR) is 114 cm³/mol. The maximum Gasteiger partial charge on any atom is 0.150 e. The van der Waals surface area contributed by atoms with Gasteiger partial charge in [0.1, 0.15) is 6.71 Å². The first-order valence-electron chi connectivity index (χ1n) is 12.2. The molecule has 4 bridgehead atoms. The molecule has 0 nitrogen and oxygen atoms in total. The third-order valence-electron chi connectivity index (χ3n) is 11.8. The Hall–Kier alpha value is 0.0649. The summed E-state index contributed by atoms with van der Waals surface area (Å²) in [6, 6.07) is 0. The van der Waals surface area contributed by atoms with Crippen molar-refractivity contribution in [3.8, 4) is 0 Å². The molecule has 7 aliphatic carbocycles. The van der Waals surface area contributed by atoms with E-state index in [2.05, 4.69) is 41.5 Å². The number of fused-ring (bicyclic) bond motifs is 4. The van der Waals surface area contributed by atoms with E-state index in [0.717, 1.165) is 59.7 Å². The maximum absolute atomic E-state index is 2.67. The van der Waals surface area contributed by atoms with Crippen LogP contribution in [0.25, 0.3) is 0 Å². The van der Waals surface area contributed by atoms with E-state index in [-0.39, 0.29) is 0 Å². The molecule has 0 saturated heterocycles. The maximum atomic E-state index is 2.67. The second kappa shape index (κ2) is 5.79. The highest BCUT2D eigenvalue weighted by atomic mass is 14.6. The van der Waals surface area contributed by atoms with Crippen molar-refractivity contribution in [2.45, 2.75) is 110 Å². The van der Waals surface area contributed by atoms with Gasteiger partial charge in [-0.15, -0.1) is 0 Å². The Morgan fingerprint density at radius 1 is 0.654 bits per heavy atom. The molecule has 0 amide bonds. The zero-order chi connectivity index (χ0) is 18.4. The fourth-order valence-corrected chi connectivity index (χ4v) is 9.75. The first-order chi connectivity index (χ1) is 12.2. The lowest BCUT2D eigenvalue weighted by molar-refractivity contribution is -0.108. The lowest BCUT2D eigenvalue weighted by Gasteiger charge is -2.67. The van der Waals surface area contributed by atoms with Crippen LogP contribution < -0.4 is 0 Å². The van der Waals surface area contributed by atoms with E-state index >= 15 is 0 Å². The van der Waals surface area contributed by atoms with Crippen LogP contribution >= 0.6 is 0 Å². The minimum absolute atomic E-state index is 0.651. The molecule has 0 heterocycles. The zero-order valence-electron chi connectivity index (χ0n) is 18.4. The van der Waals surface area contributed by atoms with Gasteiger partial charge in [-0.1, -0.05) is 97.5 Å². The molecule has 1 heteroatoms. The van der Waals surface area contributed by atoms with E-state index < -0.39 is 0 Å². The van der Waals surface area contributed by atoms with Gasteiger partial charge < -0.3 is 0 Å². The average Bonchev–Trinajstić information content (AvgIpc) is 3.10. The van der Waals surface area contributed by atoms with Crippen LogP contribution in [0.4, 0.5) is 0 Å². The molecule has 7 fully saturated rings. The minimum Gasteiger partial charge on any atom is -0.0626 e. The topological polar surface area (TPSA) is 0 Å². The van der Waals surface area contributed by atoms with Crippen molar-refractivity contribution < 1.29 is 0 Å². The van der Waals surface area contributed by atoms with Crippen molar-refractivity contribution in [3.05, 3.63) is 0 Å². The molecule has 0 spiro atoms. The van der Waals surface area contributed by atoms with E-state index in [0.29, 0.717) is 10.8 Å². The van der Waals surface area contributed by atoms with Gasteiger partial charge in [0, 0.05) is 0 Å². The summed E-state index contributed by atoms with van der Waals surface area (Å²) in [6.45, 7) is 16.8. The summed E-state index contributed by atoms with van der Waals surface area (Å²) >= 11 is 0. The van der Waals surface area contributed by atoms with Crippen LogP contribution in [0.3, 0.4) is 0 Å². The monoisotopic (exact) mass is 354 g/mol. The second-order valence-corrected chi connectivity index (χ2v) is 12.9. The third kappa shape index (κ3) is 2.27. The summed E-state index contributed by atoms with van der Waals surface area (Å²) in [5, 5.41) is 0. The second-order valence-electron chi connectivity index (χ2n) is 12.9. The molecule has 7 rings (SSSR count). The van der Waals surface area contributed by atoms with Crippen molar-refractivity contribution in [3.63, 3.8) is 0 Å². The average molecular weight is 354 g/mol. The summed E-state index contributed by atoms with van der Waals surface area (Å²) in [6.07, 6.45) is 12.5. The molecular weight excluding hydrogens is 311 g/mol. The molecule has 7 aliphatic rings.